The zero-order chi connectivity index (χ0) is 21.8. The summed E-state index contributed by atoms with van der Waals surface area (Å²) >= 11 is 0. The number of carbonyl (C=O) groups excluding carboxylic acids is 1. The number of hydrogen-bond donors (Lipinski definition) is 1. The molecule has 1 N–H and O–H groups in total. The Hall–Kier alpha value is -3.79. The van der Waals surface area contributed by atoms with Crippen LogP contribution in [0.25, 0.3) is 0 Å². The number of nitrogens with zero attached hydrogens (tertiary/aromatic N) is 2. The van der Waals surface area contributed by atoms with Crippen molar-refractivity contribution < 1.29 is 19.1 Å². The number of aromatic hydroxyl groups is 1. The third kappa shape index (κ3) is 4.13. The van der Waals surface area contributed by atoms with E-state index in [1.165, 1.54) is 13.2 Å². The van der Waals surface area contributed by atoms with Gasteiger partial charge in [-0.1, -0.05) is 13.8 Å². The van der Waals surface area contributed by atoms with Gasteiger partial charge < -0.3 is 14.3 Å². The summed E-state index contributed by atoms with van der Waals surface area (Å²) in [5.41, 5.74) is -0.524. The molecule has 0 saturated heterocycles. The van der Waals surface area contributed by atoms with Gasteiger partial charge in [0, 0.05) is 5.56 Å². The summed E-state index contributed by atoms with van der Waals surface area (Å²) in [5, 5.41) is 20.2. The molecule has 1 aromatic carbocycles. The third-order valence-corrected chi connectivity index (χ3v) is 4.62. The van der Waals surface area contributed by atoms with E-state index in [-0.39, 0.29) is 23.2 Å². The number of carbonyl (C=O) groups is 1. The summed E-state index contributed by atoms with van der Waals surface area (Å²) < 4.78 is 11.8. The zero-order valence-electron chi connectivity index (χ0n) is 17.0. The smallest absolute Gasteiger partial charge is 0.271 e. The Morgan fingerprint density at radius 1 is 1.27 bits per heavy atom. The highest BCUT2D eigenvalue weighted by molar-refractivity contribution is 6.11. The average Bonchev–Trinajstić information content (AvgIpc) is 3.23. The third-order valence-electron chi connectivity index (χ3n) is 4.62. The molecule has 2 heterocycles. The van der Waals surface area contributed by atoms with Crippen molar-refractivity contribution in [1.29, 1.82) is 5.26 Å². The predicted octanol–water partition coefficient (Wildman–Crippen LogP) is 3.64. The minimum absolute atomic E-state index is 0.0893. The van der Waals surface area contributed by atoms with E-state index in [1.807, 2.05) is 19.9 Å². The fourth-order valence-electron chi connectivity index (χ4n) is 3.04. The lowest BCUT2D eigenvalue weighted by Crippen LogP contribution is -2.27. The SMILES string of the molecule is Cc1c(C(=O)c2ccc(OCC(C)C)cc2)c(O)n(Cc2ccco2)c(=O)c1C#N. The van der Waals surface area contributed by atoms with Crippen LogP contribution in [-0.4, -0.2) is 22.1 Å². The van der Waals surface area contributed by atoms with Crippen LogP contribution in [0.2, 0.25) is 0 Å². The highest BCUT2D eigenvalue weighted by Gasteiger charge is 2.25. The van der Waals surface area contributed by atoms with Crippen LogP contribution in [0.1, 0.15) is 46.7 Å². The second-order valence-corrected chi connectivity index (χ2v) is 7.34. The van der Waals surface area contributed by atoms with Gasteiger partial charge in [0.05, 0.1) is 25.0 Å². The highest BCUT2D eigenvalue weighted by atomic mass is 16.5. The van der Waals surface area contributed by atoms with Crippen molar-refractivity contribution in [2.24, 2.45) is 5.92 Å². The molecule has 3 aromatic rings. The minimum atomic E-state index is -0.683. The molecule has 7 nitrogen and oxygen atoms in total. The first-order valence-electron chi connectivity index (χ1n) is 9.49. The quantitative estimate of drug-likeness (QED) is 0.601. The number of nitriles is 1. The summed E-state index contributed by atoms with van der Waals surface area (Å²) in [6.07, 6.45) is 1.44. The van der Waals surface area contributed by atoms with E-state index in [0.717, 1.165) is 4.57 Å². The maximum Gasteiger partial charge on any atom is 0.271 e. The standard InChI is InChI=1S/C23H22N2O5/c1-14(2)13-30-17-8-6-16(7-9-17)21(26)20-15(3)19(11-24)22(27)25(23(20)28)12-18-5-4-10-29-18/h4-10,14,28H,12-13H2,1-3H3. The van der Waals surface area contributed by atoms with Crippen LogP contribution in [0.4, 0.5) is 0 Å². The molecule has 0 aliphatic carbocycles. The van der Waals surface area contributed by atoms with E-state index < -0.39 is 17.2 Å². The van der Waals surface area contributed by atoms with Crippen LogP contribution in [-0.2, 0) is 6.54 Å². The monoisotopic (exact) mass is 406 g/mol. The van der Waals surface area contributed by atoms with Gasteiger partial charge in [-0.15, -0.1) is 0 Å². The predicted molar refractivity (Wildman–Crippen MR) is 110 cm³/mol. The van der Waals surface area contributed by atoms with Gasteiger partial charge in [0.25, 0.3) is 5.56 Å². The average molecular weight is 406 g/mol. The largest absolute Gasteiger partial charge is 0.494 e. The van der Waals surface area contributed by atoms with Crippen molar-refractivity contribution in [1.82, 2.24) is 4.57 Å². The summed E-state index contributed by atoms with van der Waals surface area (Å²) in [5.74, 6) is 0.403. The van der Waals surface area contributed by atoms with Crippen LogP contribution in [0.15, 0.2) is 51.9 Å². The Labute approximate surface area is 173 Å². The molecule has 30 heavy (non-hydrogen) atoms. The van der Waals surface area contributed by atoms with Gasteiger partial charge in [-0.2, -0.15) is 5.26 Å². The van der Waals surface area contributed by atoms with Crippen LogP contribution in [0.3, 0.4) is 0 Å². The van der Waals surface area contributed by atoms with Gasteiger partial charge in [-0.3, -0.25) is 14.2 Å². The second-order valence-electron chi connectivity index (χ2n) is 7.34. The number of ketones is 1. The number of aromatic nitrogens is 1. The molecule has 0 saturated carbocycles. The van der Waals surface area contributed by atoms with Crippen LogP contribution in [0.5, 0.6) is 11.6 Å². The summed E-state index contributed by atoms with van der Waals surface area (Å²) in [4.78, 5) is 25.8. The van der Waals surface area contributed by atoms with Crippen molar-refractivity contribution in [3.8, 4) is 17.7 Å². The Balaban J connectivity index is 2.03. The lowest BCUT2D eigenvalue weighted by atomic mass is 9.97. The van der Waals surface area contributed by atoms with Gasteiger partial charge in [-0.05, 0) is 54.8 Å². The number of rotatable bonds is 7. The molecule has 0 bridgehead atoms. The number of hydrogen-bond acceptors (Lipinski definition) is 6. The Morgan fingerprint density at radius 2 is 1.97 bits per heavy atom. The molecule has 0 unspecified atom stereocenters. The first-order chi connectivity index (χ1) is 14.3. The maximum absolute atomic E-state index is 13.2. The molecular formula is C23H22N2O5. The molecule has 3 rings (SSSR count). The molecule has 7 heteroatoms. The van der Waals surface area contributed by atoms with Crippen LogP contribution in [0, 0.1) is 24.2 Å². The molecule has 0 fully saturated rings. The molecular weight excluding hydrogens is 384 g/mol. The van der Waals surface area contributed by atoms with E-state index in [0.29, 0.717) is 29.6 Å². The van der Waals surface area contributed by atoms with Gasteiger partial charge in [-0.25, -0.2) is 0 Å². The van der Waals surface area contributed by atoms with Crippen LogP contribution < -0.4 is 10.3 Å². The molecule has 154 valence electrons. The highest BCUT2D eigenvalue weighted by Crippen LogP contribution is 2.26. The lowest BCUT2D eigenvalue weighted by Gasteiger charge is -2.15. The van der Waals surface area contributed by atoms with Crippen molar-refractivity contribution >= 4 is 5.78 Å². The van der Waals surface area contributed by atoms with Crippen molar-refractivity contribution in [3.63, 3.8) is 0 Å². The minimum Gasteiger partial charge on any atom is -0.494 e. The molecule has 0 aliphatic rings. The van der Waals surface area contributed by atoms with E-state index in [4.69, 9.17) is 9.15 Å². The number of pyridine rings is 1. The van der Waals surface area contributed by atoms with Gasteiger partial charge in [0.1, 0.15) is 23.1 Å². The van der Waals surface area contributed by atoms with Crippen molar-refractivity contribution in [3.05, 3.63) is 81.0 Å². The Kier molecular flexibility index (Phi) is 6.07. The molecule has 0 atom stereocenters. The first kappa shape index (κ1) is 20.9. The van der Waals surface area contributed by atoms with Crippen molar-refractivity contribution in [2.75, 3.05) is 6.61 Å². The number of furan rings is 1. The number of benzene rings is 1. The van der Waals surface area contributed by atoms with E-state index in [1.54, 1.807) is 36.4 Å². The summed E-state index contributed by atoms with van der Waals surface area (Å²) in [7, 11) is 0. The molecule has 0 amide bonds. The maximum atomic E-state index is 13.2. The van der Waals surface area contributed by atoms with Gasteiger partial charge >= 0.3 is 0 Å². The van der Waals surface area contributed by atoms with E-state index in [9.17, 15) is 20.0 Å². The fraction of sp³-hybridized carbons (Fsp3) is 0.261. The molecule has 2 aromatic heterocycles. The Bertz CT molecular complexity index is 1150. The van der Waals surface area contributed by atoms with E-state index >= 15 is 0 Å². The normalized spacial score (nSPS) is 10.8. The van der Waals surface area contributed by atoms with Crippen molar-refractivity contribution in [2.45, 2.75) is 27.3 Å². The zero-order valence-corrected chi connectivity index (χ0v) is 17.0. The lowest BCUT2D eigenvalue weighted by molar-refractivity contribution is 0.103. The fourth-order valence-corrected chi connectivity index (χ4v) is 3.04. The first-order valence-corrected chi connectivity index (χ1v) is 9.49. The van der Waals surface area contributed by atoms with E-state index in [2.05, 4.69) is 0 Å². The topological polar surface area (TPSA) is 105 Å². The van der Waals surface area contributed by atoms with Gasteiger partial charge in [0.15, 0.2) is 5.78 Å². The van der Waals surface area contributed by atoms with Gasteiger partial charge in [0.2, 0.25) is 5.88 Å². The van der Waals surface area contributed by atoms with Crippen LogP contribution >= 0.6 is 0 Å². The second kappa shape index (κ2) is 8.70. The summed E-state index contributed by atoms with van der Waals surface area (Å²) in [6.45, 7) is 6.00. The number of ether oxygens (including phenoxy) is 1. The summed E-state index contributed by atoms with van der Waals surface area (Å²) in [6, 6.07) is 11.6. The molecule has 0 radical (unpaired) electrons. The molecule has 0 aliphatic heterocycles. The Morgan fingerprint density at radius 3 is 2.53 bits per heavy atom. The molecule has 0 spiro atoms.